The zero-order valence-electron chi connectivity index (χ0n) is 16.7. The Labute approximate surface area is 168 Å². The van der Waals surface area contributed by atoms with Crippen molar-refractivity contribution in [3.05, 3.63) is 54.1 Å². The first-order valence-corrected chi connectivity index (χ1v) is 11.4. The number of rotatable bonds is 7. The lowest BCUT2D eigenvalue weighted by Crippen LogP contribution is -2.46. The van der Waals surface area contributed by atoms with Crippen LogP contribution >= 0.6 is 0 Å². The topological polar surface area (TPSA) is 64.6 Å². The molecule has 1 aliphatic heterocycles. The summed E-state index contributed by atoms with van der Waals surface area (Å²) in [5, 5.41) is -0.451. The van der Waals surface area contributed by atoms with Gasteiger partial charge in [0.05, 0.1) is 18.5 Å². The summed E-state index contributed by atoms with van der Waals surface area (Å²) in [4.78, 5) is 0. The first kappa shape index (κ1) is 20.8. The van der Waals surface area contributed by atoms with Crippen LogP contribution in [-0.2, 0) is 14.8 Å². The maximum Gasteiger partial charge on any atom is 0.214 e. The Morgan fingerprint density at radius 3 is 2.54 bits per heavy atom. The lowest BCUT2D eigenvalue weighted by atomic mass is 9.88. The zero-order chi connectivity index (χ0) is 20.1. The van der Waals surface area contributed by atoms with Gasteiger partial charge in [-0.15, -0.1) is 0 Å². The predicted molar refractivity (Wildman–Crippen MR) is 112 cm³/mol. The molecule has 6 heteroatoms. The van der Waals surface area contributed by atoms with E-state index in [-0.39, 0.29) is 12.0 Å². The molecule has 1 heterocycles. The first-order chi connectivity index (χ1) is 13.4. The summed E-state index contributed by atoms with van der Waals surface area (Å²) >= 11 is 0. The van der Waals surface area contributed by atoms with Crippen molar-refractivity contribution >= 4 is 10.0 Å². The number of nitrogens with one attached hydrogen (secondary N) is 1. The molecule has 1 fully saturated rings. The predicted octanol–water partition coefficient (Wildman–Crippen LogP) is 3.95. The maximum absolute atomic E-state index is 12.3. The number of hydrogen-bond acceptors (Lipinski definition) is 4. The van der Waals surface area contributed by atoms with Gasteiger partial charge in [-0.25, -0.2) is 13.1 Å². The normalized spacial score (nSPS) is 20.3. The van der Waals surface area contributed by atoms with Crippen molar-refractivity contribution in [3.63, 3.8) is 0 Å². The number of sulfonamides is 1. The molecule has 0 amide bonds. The number of ether oxygens (including phenoxy) is 2. The van der Waals surface area contributed by atoms with E-state index in [1.54, 1.807) is 13.8 Å². The van der Waals surface area contributed by atoms with Crippen LogP contribution in [0.25, 0.3) is 11.1 Å². The molecule has 0 spiro atoms. The Hall–Kier alpha value is -1.89. The fraction of sp³-hybridized carbons (Fsp3) is 0.455. The molecule has 0 bridgehead atoms. The smallest absolute Gasteiger partial charge is 0.214 e. The average molecular weight is 404 g/mol. The van der Waals surface area contributed by atoms with E-state index in [1.165, 1.54) is 0 Å². The molecular weight excluding hydrogens is 374 g/mol. The van der Waals surface area contributed by atoms with Crippen LogP contribution in [0, 0.1) is 0 Å². The molecule has 0 aromatic heterocycles. The highest BCUT2D eigenvalue weighted by Gasteiger charge is 2.31. The fourth-order valence-corrected chi connectivity index (χ4v) is 4.43. The van der Waals surface area contributed by atoms with Gasteiger partial charge in [-0.2, -0.15) is 0 Å². The molecule has 1 aliphatic rings. The maximum atomic E-state index is 12.3. The summed E-state index contributed by atoms with van der Waals surface area (Å²) in [6.07, 6.45) is 0.672. The highest BCUT2D eigenvalue weighted by atomic mass is 32.2. The van der Waals surface area contributed by atoms with Gasteiger partial charge in [0.2, 0.25) is 10.0 Å². The minimum absolute atomic E-state index is 0.00143. The third-order valence-corrected chi connectivity index (χ3v) is 7.00. The monoisotopic (exact) mass is 403 g/mol. The Kier molecular flexibility index (Phi) is 6.75. The molecule has 2 atom stereocenters. The second-order valence-corrected chi connectivity index (χ2v) is 9.61. The van der Waals surface area contributed by atoms with E-state index in [2.05, 4.69) is 29.0 Å². The molecule has 1 saturated heterocycles. The van der Waals surface area contributed by atoms with Crippen LogP contribution in [0.1, 0.15) is 38.7 Å². The van der Waals surface area contributed by atoms with Gasteiger partial charge in [0.15, 0.2) is 0 Å². The Morgan fingerprint density at radius 1 is 1.14 bits per heavy atom. The number of para-hydroxylation sites is 1. The molecule has 0 saturated carbocycles. The van der Waals surface area contributed by atoms with Crippen LogP contribution in [0.3, 0.4) is 0 Å². The number of benzene rings is 2. The van der Waals surface area contributed by atoms with E-state index in [1.807, 2.05) is 31.2 Å². The van der Waals surface area contributed by atoms with E-state index in [0.29, 0.717) is 26.2 Å². The van der Waals surface area contributed by atoms with E-state index < -0.39 is 15.3 Å². The fourth-order valence-electron chi connectivity index (χ4n) is 3.45. The second kappa shape index (κ2) is 9.07. The Bertz CT molecular complexity index is 878. The van der Waals surface area contributed by atoms with E-state index in [0.717, 1.165) is 22.4 Å². The molecule has 1 N–H and O–H groups in total. The van der Waals surface area contributed by atoms with Crippen LogP contribution in [0.4, 0.5) is 0 Å². The summed E-state index contributed by atoms with van der Waals surface area (Å²) in [5.41, 5.74) is 3.20. The van der Waals surface area contributed by atoms with Gasteiger partial charge in [-0.05, 0) is 44.4 Å². The number of hydrogen-bond donors (Lipinski definition) is 1. The average Bonchev–Trinajstić information content (AvgIpc) is 2.69. The molecular formula is C22H29NO4S. The van der Waals surface area contributed by atoms with Gasteiger partial charge in [-0.1, -0.05) is 42.5 Å². The van der Waals surface area contributed by atoms with E-state index in [4.69, 9.17) is 9.47 Å². The minimum atomic E-state index is -3.32. The summed E-state index contributed by atoms with van der Waals surface area (Å²) in [7, 11) is -3.32. The van der Waals surface area contributed by atoms with E-state index >= 15 is 0 Å². The van der Waals surface area contributed by atoms with Crippen LogP contribution in [0.15, 0.2) is 48.5 Å². The standard InChI is InChI=1S/C22H29NO4S/c1-4-27-22-8-6-5-7-19(22)17-9-11-18(12-10-17)20-15-26-14-13-21(20)23-28(24,25)16(2)3/h5-12,16,20-21,23H,4,13-15H2,1-3H3/t20-,21+/m0/s1. The van der Waals surface area contributed by atoms with Crippen LogP contribution in [0.5, 0.6) is 5.75 Å². The quantitative estimate of drug-likeness (QED) is 0.760. The summed E-state index contributed by atoms with van der Waals surface area (Å²) < 4.78 is 39.0. The van der Waals surface area contributed by atoms with Gasteiger partial charge in [-0.3, -0.25) is 0 Å². The Morgan fingerprint density at radius 2 is 1.86 bits per heavy atom. The van der Waals surface area contributed by atoms with Crippen molar-refractivity contribution < 1.29 is 17.9 Å². The van der Waals surface area contributed by atoms with Crippen molar-refractivity contribution in [1.29, 1.82) is 0 Å². The van der Waals surface area contributed by atoms with Crippen LogP contribution in [0.2, 0.25) is 0 Å². The van der Waals surface area contributed by atoms with Crippen molar-refractivity contribution in [2.45, 2.75) is 44.4 Å². The van der Waals surface area contributed by atoms with Crippen molar-refractivity contribution in [3.8, 4) is 16.9 Å². The highest BCUT2D eigenvalue weighted by Crippen LogP contribution is 2.33. The van der Waals surface area contributed by atoms with Crippen molar-refractivity contribution in [2.75, 3.05) is 19.8 Å². The molecule has 2 aromatic rings. The lowest BCUT2D eigenvalue weighted by Gasteiger charge is -2.33. The highest BCUT2D eigenvalue weighted by molar-refractivity contribution is 7.90. The molecule has 0 unspecified atom stereocenters. The third kappa shape index (κ3) is 4.74. The molecule has 0 aliphatic carbocycles. The van der Waals surface area contributed by atoms with Gasteiger partial charge in [0.25, 0.3) is 0 Å². The molecule has 28 heavy (non-hydrogen) atoms. The SMILES string of the molecule is CCOc1ccccc1-c1ccc([C@@H]2COCC[C@H]2NS(=O)(=O)C(C)C)cc1. The summed E-state index contributed by atoms with van der Waals surface area (Å²) in [5.74, 6) is 0.861. The van der Waals surface area contributed by atoms with Crippen molar-refractivity contribution in [2.24, 2.45) is 0 Å². The Balaban J connectivity index is 1.83. The third-order valence-electron chi connectivity index (χ3n) is 5.13. The van der Waals surface area contributed by atoms with Gasteiger partial charge < -0.3 is 9.47 Å². The van der Waals surface area contributed by atoms with Gasteiger partial charge in [0, 0.05) is 24.1 Å². The summed E-state index contributed by atoms with van der Waals surface area (Å²) in [6, 6.07) is 16.1. The molecule has 3 rings (SSSR count). The van der Waals surface area contributed by atoms with E-state index in [9.17, 15) is 8.42 Å². The largest absolute Gasteiger partial charge is 0.493 e. The van der Waals surface area contributed by atoms with Crippen LogP contribution in [-0.4, -0.2) is 39.5 Å². The van der Waals surface area contributed by atoms with Crippen LogP contribution < -0.4 is 9.46 Å². The molecule has 5 nitrogen and oxygen atoms in total. The van der Waals surface area contributed by atoms with Gasteiger partial charge >= 0.3 is 0 Å². The van der Waals surface area contributed by atoms with Crippen molar-refractivity contribution in [1.82, 2.24) is 4.72 Å². The molecule has 0 radical (unpaired) electrons. The second-order valence-electron chi connectivity index (χ2n) is 7.34. The lowest BCUT2D eigenvalue weighted by molar-refractivity contribution is 0.0653. The van der Waals surface area contributed by atoms with Gasteiger partial charge in [0.1, 0.15) is 5.75 Å². The first-order valence-electron chi connectivity index (χ1n) is 9.83. The molecule has 2 aromatic carbocycles. The zero-order valence-corrected chi connectivity index (χ0v) is 17.5. The molecule has 152 valence electrons. The minimum Gasteiger partial charge on any atom is -0.493 e. The summed E-state index contributed by atoms with van der Waals surface area (Å²) in [6.45, 7) is 7.07.